The first-order chi connectivity index (χ1) is 9.35. The molecular weight excluding hydrogens is 256 g/mol. The van der Waals surface area contributed by atoms with Gasteiger partial charge in [0.1, 0.15) is 0 Å². The van der Waals surface area contributed by atoms with Crippen LogP contribution in [0.1, 0.15) is 70.5 Å². The van der Waals surface area contributed by atoms with Crippen LogP contribution in [0.25, 0.3) is 0 Å². The zero-order valence-corrected chi connectivity index (χ0v) is 12.6. The fraction of sp³-hybridized carbons (Fsp3) is 0.800. The summed E-state index contributed by atoms with van der Waals surface area (Å²) >= 11 is 0. The molecular formula is C15H24N2O3. The number of hydrogen-bond acceptors (Lipinski definition) is 4. The first-order valence-corrected chi connectivity index (χ1v) is 7.40. The van der Waals surface area contributed by atoms with E-state index in [1.165, 1.54) is 12.8 Å². The molecule has 5 nitrogen and oxygen atoms in total. The van der Waals surface area contributed by atoms with E-state index < -0.39 is 5.97 Å². The molecule has 1 aliphatic rings. The van der Waals surface area contributed by atoms with Gasteiger partial charge in [0.15, 0.2) is 5.82 Å². The van der Waals surface area contributed by atoms with Gasteiger partial charge in [-0.2, -0.15) is 4.98 Å². The highest BCUT2D eigenvalue weighted by Gasteiger charge is 2.28. The Morgan fingerprint density at radius 2 is 2.00 bits per heavy atom. The van der Waals surface area contributed by atoms with E-state index in [9.17, 15) is 4.79 Å². The van der Waals surface area contributed by atoms with E-state index in [2.05, 4.69) is 17.1 Å². The summed E-state index contributed by atoms with van der Waals surface area (Å²) in [6.45, 7) is 6.10. The molecule has 0 amide bonds. The molecule has 0 saturated heterocycles. The highest BCUT2D eigenvalue weighted by atomic mass is 16.5. The Hall–Kier alpha value is -1.39. The van der Waals surface area contributed by atoms with Crippen LogP contribution in [-0.4, -0.2) is 21.2 Å². The highest BCUT2D eigenvalue weighted by Crippen LogP contribution is 2.34. The van der Waals surface area contributed by atoms with Crippen molar-refractivity contribution in [2.24, 2.45) is 11.3 Å². The van der Waals surface area contributed by atoms with Crippen molar-refractivity contribution >= 4 is 5.97 Å². The maximum Gasteiger partial charge on any atom is 0.303 e. The van der Waals surface area contributed by atoms with Gasteiger partial charge in [0, 0.05) is 12.3 Å². The Morgan fingerprint density at radius 1 is 1.35 bits per heavy atom. The van der Waals surface area contributed by atoms with Gasteiger partial charge in [0.2, 0.25) is 5.89 Å². The maximum atomic E-state index is 10.8. The summed E-state index contributed by atoms with van der Waals surface area (Å²) in [4.78, 5) is 15.3. The largest absolute Gasteiger partial charge is 0.481 e. The quantitative estimate of drug-likeness (QED) is 0.894. The van der Waals surface area contributed by atoms with E-state index in [4.69, 9.17) is 9.63 Å². The van der Waals surface area contributed by atoms with Crippen molar-refractivity contribution < 1.29 is 14.4 Å². The van der Waals surface area contributed by atoms with Crippen molar-refractivity contribution in [1.29, 1.82) is 0 Å². The monoisotopic (exact) mass is 280 g/mol. The van der Waals surface area contributed by atoms with E-state index in [0.29, 0.717) is 18.2 Å². The average molecular weight is 280 g/mol. The molecule has 1 aromatic heterocycles. The number of carboxylic acid groups (broad SMARTS) is 1. The minimum Gasteiger partial charge on any atom is -0.481 e. The molecule has 1 saturated carbocycles. The molecule has 112 valence electrons. The molecule has 1 aliphatic carbocycles. The Labute approximate surface area is 119 Å². The summed E-state index contributed by atoms with van der Waals surface area (Å²) in [5.41, 5.74) is -0.364. The SMILES string of the molecule is CC1CCC(c2noc(CC(C)(C)CC(=O)O)n2)CC1. The smallest absolute Gasteiger partial charge is 0.303 e. The molecule has 2 rings (SSSR count). The summed E-state index contributed by atoms with van der Waals surface area (Å²) in [7, 11) is 0. The summed E-state index contributed by atoms with van der Waals surface area (Å²) in [5.74, 6) is 1.78. The molecule has 1 N–H and O–H groups in total. The second kappa shape index (κ2) is 5.94. The van der Waals surface area contributed by atoms with Crippen molar-refractivity contribution in [3.8, 4) is 0 Å². The van der Waals surface area contributed by atoms with Crippen LogP contribution in [0.15, 0.2) is 4.52 Å². The van der Waals surface area contributed by atoms with Gasteiger partial charge in [-0.3, -0.25) is 4.79 Å². The lowest BCUT2D eigenvalue weighted by Crippen LogP contribution is -2.20. The number of nitrogens with zero attached hydrogens (tertiary/aromatic N) is 2. The van der Waals surface area contributed by atoms with Gasteiger partial charge in [-0.15, -0.1) is 0 Å². The standard InChI is InChI=1S/C15H24N2O3/c1-10-4-6-11(7-5-10)14-16-12(20-17-14)8-15(2,3)9-13(18)19/h10-11H,4-9H2,1-3H3,(H,18,19). The summed E-state index contributed by atoms with van der Waals surface area (Å²) in [6, 6.07) is 0. The van der Waals surface area contributed by atoms with Crippen LogP contribution in [0.4, 0.5) is 0 Å². The Morgan fingerprint density at radius 3 is 2.60 bits per heavy atom. The molecule has 5 heteroatoms. The lowest BCUT2D eigenvalue weighted by molar-refractivity contribution is -0.139. The van der Waals surface area contributed by atoms with Crippen LogP contribution in [0, 0.1) is 11.3 Å². The molecule has 0 radical (unpaired) electrons. The van der Waals surface area contributed by atoms with Crippen LogP contribution < -0.4 is 0 Å². The maximum absolute atomic E-state index is 10.8. The molecule has 0 aliphatic heterocycles. The van der Waals surface area contributed by atoms with E-state index in [-0.39, 0.29) is 11.8 Å². The van der Waals surface area contributed by atoms with Crippen molar-refractivity contribution in [3.05, 3.63) is 11.7 Å². The van der Waals surface area contributed by atoms with Gasteiger partial charge in [-0.05, 0) is 24.2 Å². The van der Waals surface area contributed by atoms with Gasteiger partial charge in [0.05, 0.1) is 6.42 Å². The van der Waals surface area contributed by atoms with Crippen molar-refractivity contribution in [2.45, 2.75) is 65.2 Å². The van der Waals surface area contributed by atoms with Crippen molar-refractivity contribution in [2.75, 3.05) is 0 Å². The van der Waals surface area contributed by atoms with Gasteiger partial charge in [-0.25, -0.2) is 0 Å². The fourth-order valence-electron chi connectivity index (χ4n) is 2.91. The Balaban J connectivity index is 1.97. The normalized spacial score (nSPS) is 23.8. The van der Waals surface area contributed by atoms with Crippen molar-refractivity contribution in [3.63, 3.8) is 0 Å². The third-order valence-electron chi connectivity index (χ3n) is 4.12. The van der Waals surface area contributed by atoms with Gasteiger partial charge >= 0.3 is 5.97 Å². The lowest BCUT2D eigenvalue weighted by Gasteiger charge is -2.23. The Kier molecular flexibility index (Phi) is 4.45. The number of carboxylic acids is 1. The summed E-state index contributed by atoms with van der Waals surface area (Å²) in [6.07, 6.45) is 5.30. The first kappa shape index (κ1) is 15.0. The zero-order chi connectivity index (χ0) is 14.8. The van der Waals surface area contributed by atoms with E-state index in [1.807, 2.05) is 13.8 Å². The number of rotatable bonds is 5. The minimum atomic E-state index is -0.795. The third kappa shape index (κ3) is 4.05. The molecule has 0 atom stereocenters. The lowest BCUT2D eigenvalue weighted by atomic mass is 9.82. The average Bonchev–Trinajstić information content (AvgIpc) is 2.75. The van der Waals surface area contributed by atoms with Gasteiger partial charge in [-0.1, -0.05) is 38.8 Å². The minimum absolute atomic E-state index is 0.103. The second-order valence-corrected chi connectivity index (χ2v) is 6.91. The van der Waals surface area contributed by atoms with Gasteiger partial charge in [0.25, 0.3) is 0 Å². The summed E-state index contributed by atoms with van der Waals surface area (Å²) in [5, 5.41) is 13.0. The van der Waals surface area contributed by atoms with E-state index >= 15 is 0 Å². The predicted octanol–water partition coefficient (Wildman–Crippen LogP) is 3.41. The second-order valence-electron chi connectivity index (χ2n) is 6.91. The van der Waals surface area contributed by atoms with E-state index in [1.54, 1.807) is 0 Å². The predicted molar refractivity (Wildman–Crippen MR) is 74.4 cm³/mol. The number of hydrogen-bond donors (Lipinski definition) is 1. The van der Waals surface area contributed by atoms with Crippen molar-refractivity contribution in [1.82, 2.24) is 10.1 Å². The van der Waals surface area contributed by atoms with Crippen LogP contribution in [0.5, 0.6) is 0 Å². The molecule has 0 spiro atoms. The van der Waals surface area contributed by atoms with Crippen LogP contribution >= 0.6 is 0 Å². The molecule has 1 heterocycles. The van der Waals surface area contributed by atoms with Crippen LogP contribution in [-0.2, 0) is 11.2 Å². The van der Waals surface area contributed by atoms with E-state index in [0.717, 1.165) is 24.6 Å². The molecule has 0 aromatic carbocycles. The highest BCUT2D eigenvalue weighted by molar-refractivity contribution is 5.67. The first-order valence-electron chi connectivity index (χ1n) is 7.40. The Bertz CT molecular complexity index is 459. The molecule has 20 heavy (non-hydrogen) atoms. The molecule has 0 bridgehead atoms. The fourth-order valence-corrected chi connectivity index (χ4v) is 2.91. The molecule has 0 unspecified atom stereocenters. The summed E-state index contributed by atoms with van der Waals surface area (Å²) < 4.78 is 5.31. The number of carbonyl (C=O) groups is 1. The molecule has 1 aromatic rings. The van der Waals surface area contributed by atoms with Gasteiger partial charge < -0.3 is 9.63 Å². The van der Waals surface area contributed by atoms with Crippen LogP contribution in [0.3, 0.4) is 0 Å². The zero-order valence-electron chi connectivity index (χ0n) is 12.6. The topological polar surface area (TPSA) is 76.2 Å². The number of aromatic nitrogens is 2. The molecule has 1 fully saturated rings. The third-order valence-corrected chi connectivity index (χ3v) is 4.12. The number of aliphatic carboxylic acids is 1. The van der Waals surface area contributed by atoms with Crippen LogP contribution in [0.2, 0.25) is 0 Å².